The largest absolute Gasteiger partial charge is 0.323 e. The number of alkyl halides is 2. The van der Waals surface area contributed by atoms with Crippen molar-refractivity contribution in [2.75, 3.05) is 0 Å². The van der Waals surface area contributed by atoms with Gasteiger partial charge in [0.05, 0.1) is 11.6 Å². The molecule has 5 heteroatoms. The third-order valence-corrected chi connectivity index (χ3v) is 5.16. The molecule has 0 spiro atoms. The van der Waals surface area contributed by atoms with Crippen molar-refractivity contribution in [1.29, 1.82) is 0 Å². The molecule has 0 bridgehead atoms. The zero-order valence-electron chi connectivity index (χ0n) is 12.7. The quantitative estimate of drug-likeness (QED) is 0.741. The van der Waals surface area contributed by atoms with Gasteiger partial charge in [-0.1, -0.05) is 25.4 Å². The first-order valence-electron chi connectivity index (χ1n) is 7.24. The molecule has 2 aromatic heterocycles. The lowest BCUT2D eigenvalue weighted by molar-refractivity contribution is -0.0984. The molecular formula is C16H19ClF2N2. The van der Waals surface area contributed by atoms with E-state index in [0.717, 1.165) is 22.2 Å². The summed E-state index contributed by atoms with van der Waals surface area (Å²) in [5.41, 5.74) is 3.57. The van der Waals surface area contributed by atoms with Gasteiger partial charge in [-0.3, -0.25) is 0 Å². The van der Waals surface area contributed by atoms with E-state index in [0.29, 0.717) is 17.1 Å². The Morgan fingerprint density at radius 1 is 1.33 bits per heavy atom. The van der Waals surface area contributed by atoms with E-state index in [4.69, 9.17) is 11.6 Å². The third-order valence-electron chi connectivity index (χ3n) is 4.78. The summed E-state index contributed by atoms with van der Waals surface area (Å²) in [6, 6.07) is 0. The van der Waals surface area contributed by atoms with Gasteiger partial charge in [0.1, 0.15) is 5.65 Å². The van der Waals surface area contributed by atoms with E-state index >= 15 is 0 Å². The Bertz CT molecular complexity index is 719. The van der Waals surface area contributed by atoms with Crippen LogP contribution < -0.4 is 0 Å². The Hall–Kier alpha value is -1.16. The normalized spacial score (nSPS) is 21.0. The predicted octanol–water partition coefficient (Wildman–Crippen LogP) is 4.77. The zero-order valence-corrected chi connectivity index (χ0v) is 13.4. The van der Waals surface area contributed by atoms with E-state index < -0.39 is 11.8 Å². The summed E-state index contributed by atoms with van der Waals surface area (Å²) in [4.78, 5) is 4.31. The van der Waals surface area contributed by atoms with Crippen molar-refractivity contribution in [3.8, 4) is 0 Å². The number of halogens is 3. The minimum atomic E-state index is -2.70. The van der Waals surface area contributed by atoms with E-state index in [9.17, 15) is 8.78 Å². The Morgan fingerprint density at radius 3 is 2.62 bits per heavy atom. The van der Waals surface area contributed by atoms with Crippen LogP contribution in [0.5, 0.6) is 0 Å². The number of hydrogen-bond acceptors (Lipinski definition) is 1. The van der Waals surface area contributed by atoms with E-state index in [-0.39, 0.29) is 12.5 Å². The molecule has 0 aromatic carbocycles. The summed E-state index contributed by atoms with van der Waals surface area (Å²) in [5.74, 6) is -3.37. The maximum absolute atomic E-state index is 14.4. The fraction of sp³-hybridized carbons (Fsp3) is 0.562. The summed E-state index contributed by atoms with van der Waals surface area (Å²) >= 11 is 6.14. The Balaban J connectivity index is 2.27. The second kappa shape index (κ2) is 4.67. The van der Waals surface area contributed by atoms with Gasteiger partial charge in [0.15, 0.2) is 0 Å². The van der Waals surface area contributed by atoms with Gasteiger partial charge < -0.3 is 4.57 Å². The molecule has 2 nitrogen and oxygen atoms in total. The van der Waals surface area contributed by atoms with Crippen molar-refractivity contribution in [2.24, 2.45) is 11.8 Å². The van der Waals surface area contributed by atoms with Gasteiger partial charge in [-0.05, 0) is 37.3 Å². The van der Waals surface area contributed by atoms with Crippen molar-refractivity contribution in [1.82, 2.24) is 9.55 Å². The van der Waals surface area contributed by atoms with Gasteiger partial charge in [-0.15, -0.1) is 0 Å². The Labute approximate surface area is 128 Å². The van der Waals surface area contributed by atoms with Crippen LogP contribution in [0, 0.1) is 25.7 Å². The molecule has 0 radical (unpaired) electrons. The minimum Gasteiger partial charge on any atom is -0.323 e. The molecule has 3 rings (SSSR count). The second-order valence-electron chi connectivity index (χ2n) is 6.40. The van der Waals surface area contributed by atoms with Crippen LogP contribution in [0.3, 0.4) is 0 Å². The Morgan fingerprint density at radius 2 is 2.00 bits per heavy atom. The molecule has 0 saturated carbocycles. The van der Waals surface area contributed by atoms with Crippen LogP contribution in [0.25, 0.3) is 11.0 Å². The first-order valence-corrected chi connectivity index (χ1v) is 7.62. The molecule has 0 amide bonds. The van der Waals surface area contributed by atoms with Crippen LogP contribution in [0.15, 0.2) is 6.20 Å². The van der Waals surface area contributed by atoms with Gasteiger partial charge >= 0.3 is 0 Å². The molecule has 0 aliphatic carbocycles. The second-order valence-corrected chi connectivity index (χ2v) is 6.81. The zero-order chi connectivity index (χ0) is 15.5. The summed E-state index contributed by atoms with van der Waals surface area (Å²) in [6.45, 7) is 7.35. The predicted molar refractivity (Wildman–Crippen MR) is 81.2 cm³/mol. The first kappa shape index (κ1) is 14.8. The van der Waals surface area contributed by atoms with Crippen molar-refractivity contribution < 1.29 is 8.78 Å². The van der Waals surface area contributed by atoms with Crippen molar-refractivity contribution in [3.05, 3.63) is 28.0 Å². The number of aryl methyl sites for hydroxylation is 2. The number of hydrogen-bond donors (Lipinski definition) is 0. The number of nitrogens with zero attached hydrogens (tertiary/aromatic N) is 2. The topological polar surface area (TPSA) is 17.8 Å². The van der Waals surface area contributed by atoms with E-state index in [1.165, 1.54) is 0 Å². The first-order chi connectivity index (χ1) is 9.74. The molecule has 1 aliphatic rings. The average Bonchev–Trinajstić information content (AvgIpc) is 2.64. The van der Waals surface area contributed by atoms with Crippen LogP contribution in [-0.4, -0.2) is 15.5 Å². The van der Waals surface area contributed by atoms with Gasteiger partial charge in [0, 0.05) is 23.2 Å². The summed E-state index contributed by atoms with van der Waals surface area (Å²) in [6.07, 6.45) is 1.95. The van der Waals surface area contributed by atoms with Crippen LogP contribution in [-0.2, 0) is 13.0 Å². The molecule has 0 saturated heterocycles. The van der Waals surface area contributed by atoms with E-state index in [1.54, 1.807) is 10.8 Å². The molecule has 1 unspecified atom stereocenters. The van der Waals surface area contributed by atoms with Crippen LogP contribution >= 0.6 is 11.6 Å². The molecule has 0 N–H and O–H groups in total. The average molecular weight is 313 g/mol. The number of aromatic nitrogens is 2. The minimum absolute atomic E-state index is 0.0520. The standard InChI is InChI=1S/C16H19ClF2N2/c1-8(2)11-5-13-10(4)14-9(3)12(17)6-20-15(14)21(13)7-16(11,18)19/h6,8,11H,5,7H2,1-4H3. The number of pyridine rings is 1. The van der Waals surface area contributed by atoms with Crippen LogP contribution in [0.4, 0.5) is 8.78 Å². The lowest BCUT2D eigenvalue weighted by atomic mass is 9.82. The molecule has 3 heterocycles. The monoisotopic (exact) mass is 312 g/mol. The molecule has 1 aliphatic heterocycles. The van der Waals surface area contributed by atoms with Gasteiger partial charge in [0.2, 0.25) is 0 Å². The summed E-state index contributed by atoms with van der Waals surface area (Å²) in [5, 5.41) is 1.51. The molecule has 1 atom stereocenters. The fourth-order valence-corrected chi connectivity index (χ4v) is 3.68. The summed E-state index contributed by atoms with van der Waals surface area (Å²) in [7, 11) is 0. The highest BCUT2D eigenvalue weighted by Gasteiger charge is 2.46. The number of fused-ring (bicyclic) bond motifs is 3. The lowest BCUT2D eigenvalue weighted by Gasteiger charge is -2.35. The SMILES string of the molecule is Cc1c(Cl)cnc2c1c(C)c1n2CC(F)(F)C(C(C)C)C1. The highest BCUT2D eigenvalue weighted by Crippen LogP contribution is 2.43. The highest BCUT2D eigenvalue weighted by molar-refractivity contribution is 6.32. The van der Waals surface area contributed by atoms with Crippen molar-refractivity contribution >= 4 is 22.6 Å². The smallest absolute Gasteiger partial charge is 0.269 e. The van der Waals surface area contributed by atoms with E-state index in [1.807, 2.05) is 27.7 Å². The Kier molecular flexibility index (Phi) is 3.28. The van der Waals surface area contributed by atoms with Gasteiger partial charge in [0.25, 0.3) is 5.92 Å². The molecule has 2 aromatic rings. The molecular weight excluding hydrogens is 294 g/mol. The van der Waals surface area contributed by atoms with Crippen molar-refractivity contribution in [2.45, 2.75) is 46.6 Å². The molecule has 21 heavy (non-hydrogen) atoms. The van der Waals surface area contributed by atoms with Crippen LogP contribution in [0.2, 0.25) is 5.02 Å². The van der Waals surface area contributed by atoms with Gasteiger partial charge in [-0.2, -0.15) is 0 Å². The van der Waals surface area contributed by atoms with Crippen molar-refractivity contribution in [3.63, 3.8) is 0 Å². The fourth-order valence-electron chi connectivity index (χ4n) is 3.54. The van der Waals surface area contributed by atoms with Gasteiger partial charge in [-0.25, -0.2) is 13.8 Å². The lowest BCUT2D eigenvalue weighted by Crippen LogP contribution is -2.42. The highest BCUT2D eigenvalue weighted by atomic mass is 35.5. The molecule has 114 valence electrons. The maximum atomic E-state index is 14.4. The van der Waals surface area contributed by atoms with Crippen LogP contribution in [0.1, 0.15) is 30.7 Å². The third kappa shape index (κ3) is 2.07. The van der Waals surface area contributed by atoms with E-state index in [2.05, 4.69) is 4.98 Å². The maximum Gasteiger partial charge on any atom is 0.269 e. The molecule has 0 fully saturated rings. The summed E-state index contributed by atoms with van der Waals surface area (Å²) < 4.78 is 30.6. The number of rotatable bonds is 1.